The van der Waals surface area contributed by atoms with E-state index in [2.05, 4.69) is 18.4 Å². The fourth-order valence-electron chi connectivity index (χ4n) is 3.02. The van der Waals surface area contributed by atoms with Crippen molar-refractivity contribution in [2.24, 2.45) is 0 Å². The number of ether oxygens (including phenoxy) is 1. The zero-order valence-electron chi connectivity index (χ0n) is 16.5. The topological polar surface area (TPSA) is 29.5 Å². The number of rotatable bonds is 17. The average molecular weight is 340 g/mol. The van der Waals surface area contributed by atoms with Gasteiger partial charge in [0.05, 0.1) is 0 Å². The van der Waals surface area contributed by atoms with Crippen molar-refractivity contribution in [3.63, 3.8) is 0 Å². The third kappa shape index (κ3) is 16.0. The van der Waals surface area contributed by atoms with E-state index in [1.807, 2.05) is 14.1 Å². The lowest BCUT2D eigenvalue weighted by Crippen LogP contribution is -2.30. The van der Waals surface area contributed by atoms with Crippen molar-refractivity contribution in [3.05, 3.63) is 12.7 Å². The van der Waals surface area contributed by atoms with Gasteiger partial charge >= 0.3 is 5.97 Å². The number of nitrogens with zero attached hydrogens (tertiary/aromatic N) is 1. The summed E-state index contributed by atoms with van der Waals surface area (Å²) < 4.78 is 5.41. The highest BCUT2D eigenvalue weighted by Gasteiger charge is 2.13. The number of esters is 1. The molecule has 0 saturated carbocycles. The van der Waals surface area contributed by atoms with Crippen LogP contribution in [0.15, 0.2) is 12.7 Å². The highest BCUT2D eigenvalue weighted by atomic mass is 16.5. The minimum absolute atomic E-state index is 0.00591. The molecular formula is C21H41NO2. The van der Waals surface area contributed by atoms with E-state index in [4.69, 9.17) is 4.74 Å². The number of hydrogen-bond donors (Lipinski definition) is 0. The Morgan fingerprint density at radius 3 is 1.79 bits per heavy atom. The molecule has 0 amide bonds. The van der Waals surface area contributed by atoms with Gasteiger partial charge in [-0.1, -0.05) is 84.1 Å². The summed E-state index contributed by atoms with van der Waals surface area (Å²) in [7, 11) is 4.02. The zero-order valence-corrected chi connectivity index (χ0v) is 16.5. The van der Waals surface area contributed by atoms with Gasteiger partial charge in [-0.25, -0.2) is 4.79 Å². The molecule has 0 aliphatic rings. The van der Waals surface area contributed by atoms with Crippen LogP contribution in [-0.2, 0) is 9.53 Å². The summed E-state index contributed by atoms with van der Waals surface area (Å²) >= 11 is 0. The molecule has 0 aromatic carbocycles. The quantitative estimate of drug-likeness (QED) is 0.192. The van der Waals surface area contributed by atoms with Gasteiger partial charge in [-0.2, -0.15) is 0 Å². The second-order valence-corrected chi connectivity index (χ2v) is 7.20. The number of unbranched alkanes of at least 4 members (excludes halogenated alkanes) is 11. The summed E-state index contributed by atoms with van der Waals surface area (Å²) in [6.45, 7) is 6.53. The van der Waals surface area contributed by atoms with E-state index < -0.39 is 0 Å². The molecule has 0 heterocycles. The largest absolute Gasteiger partial charge is 0.458 e. The Hall–Kier alpha value is -0.830. The number of likely N-dealkylation sites (N-methyl/N-ethyl adjacent to an activating group) is 1. The molecule has 0 radical (unpaired) electrons. The second-order valence-electron chi connectivity index (χ2n) is 7.20. The standard InChI is InChI=1S/C21H41NO2/c1-5-7-8-9-10-11-12-13-14-15-16-17-18-20(19-22(3)4)24-21(23)6-2/h6,20H,2,5,7-19H2,1,3-4H3. The first-order chi connectivity index (χ1) is 11.6. The first-order valence-electron chi connectivity index (χ1n) is 10.1. The van der Waals surface area contributed by atoms with E-state index in [-0.39, 0.29) is 12.1 Å². The van der Waals surface area contributed by atoms with E-state index in [9.17, 15) is 4.79 Å². The molecule has 1 atom stereocenters. The lowest BCUT2D eigenvalue weighted by molar-refractivity contribution is -0.144. The molecule has 0 aromatic rings. The Kier molecular flexibility index (Phi) is 16.4. The minimum Gasteiger partial charge on any atom is -0.458 e. The Morgan fingerprint density at radius 1 is 0.917 bits per heavy atom. The lowest BCUT2D eigenvalue weighted by Gasteiger charge is -2.20. The Balaban J connectivity index is 3.50. The van der Waals surface area contributed by atoms with Crippen LogP contribution in [-0.4, -0.2) is 37.6 Å². The molecule has 0 aliphatic carbocycles. The summed E-state index contributed by atoms with van der Waals surface area (Å²) in [5.74, 6) is -0.305. The predicted molar refractivity (Wildman–Crippen MR) is 104 cm³/mol. The van der Waals surface area contributed by atoms with Crippen LogP contribution < -0.4 is 0 Å². The van der Waals surface area contributed by atoms with E-state index in [0.717, 1.165) is 19.4 Å². The van der Waals surface area contributed by atoms with Crippen LogP contribution in [0.5, 0.6) is 0 Å². The maximum absolute atomic E-state index is 11.4. The van der Waals surface area contributed by atoms with Gasteiger partial charge in [-0.3, -0.25) is 0 Å². The molecule has 0 aromatic heterocycles. The molecule has 0 bridgehead atoms. The summed E-state index contributed by atoms with van der Waals surface area (Å²) in [6, 6.07) is 0. The average Bonchev–Trinajstić information content (AvgIpc) is 2.55. The third-order valence-electron chi connectivity index (χ3n) is 4.40. The fraction of sp³-hybridized carbons (Fsp3) is 0.857. The Morgan fingerprint density at radius 2 is 1.38 bits per heavy atom. The first-order valence-corrected chi connectivity index (χ1v) is 10.1. The van der Waals surface area contributed by atoms with E-state index in [0.29, 0.717) is 0 Å². The highest BCUT2D eigenvalue weighted by molar-refractivity contribution is 5.81. The second kappa shape index (κ2) is 17.0. The predicted octanol–water partition coefficient (Wildman–Crippen LogP) is 5.74. The third-order valence-corrected chi connectivity index (χ3v) is 4.40. The number of hydrogen-bond acceptors (Lipinski definition) is 3. The van der Waals surface area contributed by atoms with Gasteiger partial charge in [0, 0.05) is 12.6 Å². The van der Waals surface area contributed by atoms with Crippen LogP contribution in [0.4, 0.5) is 0 Å². The van der Waals surface area contributed by atoms with Crippen molar-refractivity contribution < 1.29 is 9.53 Å². The van der Waals surface area contributed by atoms with Gasteiger partial charge in [0.2, 0.25) is 0 Å². The first kappa shape index (κ1) is 23.2. The minimum atomic E-state index is -0.305. The van der Waals surface area contributed by atoms with E-state index in [1.54, 1.807) is 0 Å². The summed E-state index contributed by atoms with van der Waals surface area (Å²) in [4.78, 5) is 13.4. The van der Waals surface area contributed by atoms with Crippen molar-refractivity contribution >= 4 is 5.97 Å². The Bertz CT molecular complexity index is 302. The molecule has 0 N–H and O–H groups in total. The number of carbonyl (C=O) groups excluding carboxylic acids is 1. The molecule has 0 spiro atoms. The molecule has 3 nitrogen and oxygen atoms in total. The highest BCUT2D eigenvalue weighted by Crippen LogP contribution is 2.14. The molecule has 0 rings (SSSR count). The lowest BCUT2D eigenvalue weighted by atomic mass is 10.0. The molecular weight excluding hydrogens is 298 g/mol. The number of carbonyl (C=O) groups is 1. The Labute approximate surface area is 150 Å². The van der Waals surface area contributed by atoms with Crippen molar-refractivity contribution in [1.29, 1.82) is 0 Å². The van der Waals surface area contributed by atoms with Crippen molar-refractivity contribution in [3.8, 4) is 0 Å². The molecule has 142 valence electrons. The SMILES string of the molecule is C=CC(=O)OC(CCCCCCCCCCCCCC)CN(C)C. The maximum atomic E-state index is 11.4. The smallest absolute Gasteiger partial charge is 0.330 e. The molecule has 0 aliphatic heterocycles. The van der Waals surface area contributed by atoms with E-state index >= 15 is 0 Å². The summed E-state index contributed by atoms with van der Waals surface area (Å²) in [5, 5.41) is 0. The van der Waals surface area contributed by atoms with Crippen molar-refractivity contribution in [1.82, 2.24) is 4.90 Å². The summed E-state index contributed by atoms with van der Waals surface area (Å²) in [6.07, 6.45) is 18.4. The zero-order chi connectivity index (χ0) is 18.0. The molecule has 0 saturated heterocycles. The molecule has 0 fully saturated rings. The van der Waals surface area contributed by atoms with Gasteiger partial charge in [0.15, 0.2) is 0 Å². The van der Waals surface area contributed by atoms with Crippen LogP contribution in [0.2, 0.25) is 0 Å². The fourth-order valence-corrected chi connectivity index (χ4v) is 3.02. The molecule has 1 unspecified atom stereocenters. The maximum Gasteiger partial charge on any atom is 0.330 e. The van der Waals surface area contributed by atoms with Crippen LogP contribution in [0.1, 0.15) is 90.4 Å². The van der Waals surface area contributed by atoms with Crippen LogP contribution >= 0.6 is 0 Å². The van der Waals surface area contributed by atoms with Gasteiger partial charge in [-0.15, -0.1) is 0 Å². The van der Waals surface area contributed by atoms with Gasteiger partial charge < -0.3 is 9.64 Å². The molecule has 24 heavy (non-hydrogen) atoms. The van der Waals surface area contributed by atoms with Gasteiger partial charge in [0.25, 0.3) is 0 Å². The van der Waals surface area contributed by atoms with E-state index in [1.165, 1.54) is 76.7 Å². The van der Waals surface area contributed by atoms with Crippen molar-refractivity contribution in [2.45, 2.75) is 96.5 Å². The summed E-state index contributed by atoms with van der Waals surface area (Å²) in [5.41, 5.74) is 0. The monoisotopic (exact) mass is 339 g/mol. The van der Waals surface area contributed by atoms with Crippen LogP contribution in [0.25, 0.3) is 0 Å². The van der Waals surface area contributed by atoms with Crippen molar-refractivity contribution in [2.75, 3.05) is 20.6 Å². The normalized spacial score (nSPS) is 12.3. The van der Waals surface area contributed by atoms with Gasteiger partial charge in [0.1, 0.15) is 6.10 Å². The van der Waals surface area contributed by atoms with Crippen LogP contribution in [0.3, 0.4) is 0 Å². The van der Waals surface area contributed by atoms with Gasteiger partial charge in [-0.05, 0) is 26.9 Å². The molecule has 3 heteroatoms. The van der Waals surface area contributed by atoms with Crippen LogP contribution in [0, 0.1) is 0 Å².